The van der Waals surface area contributed by atoms with Crippen LogP contribution in [0.1, 0.15) is 31.9 Å². The first-order valence-corrected chi connectivity index (χ1v) is 6.53. The Morgan fingerprint density at radius 3 is 2.40 bits per heavy atom. The lowest BCUT2D eigenvalue weighted by Crippen LogP contribution is -2.10. The van der Waals surface area contributed by atoms with Gasteiger partial charge in [-0.15, -0.1) is 0 Å². The third-order valence-corrected chi connectivity index (χ3v) is 3.05. The number of nitrogens with zero attached hydrogens (tertiary/aromatic N) is 1. The van der Waals surface area contributed by atoms with Crippen molar-refractivity contribution in [3.8, 4) is 11.6 Å². The number of rotatable bonds is 3. The van der Waals surface area contributed by atoms with E-state index in [9.17, 15) is 4.39 Å². The highest BCUT2D eigenvalue weighted by Crippen LogP contribution is 2.27. The average molecular weight is 274 g/mol. The van der Waals surface area contributed by atoms with E-state index in [0.717, 1.165) is 6.20 Å². The van der Waals surface area contributed by atoms with Gasteiger partial charge in [0.2, 0.25) is 5.88 Å². The van der Waals surface area contributed by atoms with Gasteiger partial charge in [-0.3, -0.25) is 0 Å². The molecular weight excluding hydrogens is 255 g/mol. The molecule has 1 heterocycles. The number of pyridine rings is 1. The molecule has 0 aliphatic heterocycles. The van der Waals surface area contributed by atoms with Crippen molar-refractivity contribution >= 4 is 0 Å². The molecule has 0 fully saturated rings. The number of aromatic nitrogens is 1. The van der Waals surface area contributed by atoms with Crippen molar-refractivity contribution in [1.29, 1.82) is 0 Å². The van der Waals surface area contributed by atoms with E-state index in [1.165, 1.54) is 11.6 Å². The van der Waals surface area contributed by atoms with Gasteiger partial charge in [0.1, 0.15) is 11.6 Å². The van der Waals surface area contributed by atoms with Crippen LogP contribution in [0.3, 0.4) is 0 Å². The second kappa shape index (κ2) is 5.59. The van der Waals surface area contributed by atoms with Crippen LogP contribution >= 0.6 is 0 Å². The number of benzene rings is 1. The maximum atomic E-state index is 13.1. The minimum Gasteiger partial charge on any atom is -0.439 e. The first-order valence-electron chi connectivity index (χ1n) is 6.53. The van der Waals surface area contributed by atoms with Crippen molar-refractivity contribution in [2.45, 2.75) is 32.7 Å². The molecule has 1 aromatic carbocycles. The summed E-state index contributed by atoms with van der Waals surface area (Å²) in [7, 11) is 0. The van der Waals surface area contributed by atoms with Crippen LogP contribution in [-0.4, -0.2) is 4.98 Å². The summed E-state index contributed by atoms with van der Waals surface area (Å²) in [6.07, 6.45) is 1.12. The van der Waals surface area contributed by atoms with E-state index in [-0.39, 0.29) is 12.0 Å². The Morgan fingerprint density at radius 2 is 1.85 bits per heavy atom. The lowest BCUT2D eigenvalue weighted by atomic mass is 9.87. The number of hydrogen-bond donors (Lipinski definition) is 1. The van der Waals surface area contributed by atoms with Gasteiger partial charge >= 0.3 is 0 Å². The van der Waals surface area contributed by atoms with E-state index < -0.39 is 5.82 Å². The fourth-order valence-electron chi connectivity index (χ4n) is 1.84. The van der Waals surface area contributed by atoms with Crippen LogP contribution in [0.4, 0.5) is 4.39 Å². The molecule has 106 valence electrons. The zero-order valence-corrected chi connectivity index (χ0v) is 12.0. The van der Waals surface area contributed by atoms with E-state index in [1.807, 2.05) is 24.3 Å². The second-order valence-corrected chi connectivity index (χ2v) is 5.70. The Hall–Kier alpha value is -1.94. The molecule has 3 nitrogen and oxygen atoms in total. The summed E-state index contributed by atoms with van der Waals surface area (Å²) >= 11 is 0. The third-order valence-electron chi connectivity index (χ3n) is 3.05. The van der Waals surface area contributed by atoms with Crippen LogP contribution in [0.5, 0.6) is 11.6 Å². The van der Waals surface area contributed by atoms with Gasteiger partial charge in [0, 0.05) is 12.1 Å². The van der Waals surface area contributed by atoms with Gasteiger partial charge in [0.15, 0.2) is 0 Å². The highest BCUT2D eigenvalue weighted by atomic mass is 19.1. The molecule has 0 saturated heterocycles. The maximum Gasteiger partial charge on any atom is 0.223 e. The molecule has 0 atom stereocenters. The first-order chi connectivity index (χ1) is 9.40. The zero-order chi connectivity index (χ0) is 14.8. The molecule has 2 rings (SSSR count). The fraction of sp³-hybridized carbons (Fsp3) is 0.312. The zero-order valence-electron chi connectivity index (χ0n) is 12.0. The van der Waals surface area contributed by atoms with E-state index >= 15 is 0 Å². The van der Waals surface area contributed by atoms with E-state index in [1.54, 1.807) is 0 Å². The highest BCUT2D eigenvalue weighted by Gasteiger charge is 2.13. The molecule has 0 bridgehead atoms. The van der Waals surface area contributed by atoms with Gasteiger partial charge in [-0.05, 0) is 29.2 Å². The summed E-state index contributed by atoms with van der Waals surface area (Å²) in [5, 5.41) is 0. The number of halogens is 1. The Bertz CT molecular complexity index is 588. The highest BCUT2D eigenvalue weighted by molar-refractivity contribution is 5.35. The largest absolute Gasteiger partial charge is 0.439 e. The second-order valence-electron chi connectivity index (χ2n) is 5.70. The molecule has 2 aromatic rings. The normalized spacial score (nSPS) is 11.4. The maximum absolute atomic E-state index is 13.1. The smallest absolute Gasteiger partial charge is 0.223 e. The lowest BCUT2D eigenvalue weighted by molar-refractivity contribution is 0.451. The monoisotopic (exact) mass is 274 g/mol. The Kier molecular flexibility index (Phi) is 4.04. The van der Waals surface area contributed by atoms with Gasteiger partial charge in [-0.1, -0.05) is 32.9 Å². The molecule has 1 aromatic heterocycles. The standard InChI is InChI=1S/C16H19FN2O/c1-16(2,3)12-4-6-14(7-5-12)20-15-11(9-18)8-13(17)10-19-15/h4-8,10H,9,18H2,1-3H3. The van der Waals surface area contributed by atoms with Crippen molar-refractivity contribution < 1.29 is 9.13 Å². The van der Waals surface area contributed by atoms with Crippen LogP contribution in [0.25, 0.3) is 0 Å². The molecule has 0 saturated carbocycles. The molecule has 20 heavy (non-hydrogen) atoms. The molecule has 0 spiro atoms. The van der Waals surface area contributed by atoms with E-state index in [2.05, 4.69) is 25.8 Å². The van der Waals surface area contributed by atoms with E-state index in [4.69, 9.17) is 10.5 Å². The predicted octanol–water partition coefficient (Wildman–Crippen LogP) is 3.77. The van der Waals surface area contributed by atoms with Crippen LogP contribution in [0, 0.1) is 5.82 Å². The van der Waals surface area contributed by atoms with Crippen molar-refractivity contribution in [2.75, 3.05) is 0 Å². The molecule has 0 unspecified atom stereocenters. The quantitative estimate of drug-likeness (QED) is 0.926. The van der Waals surface area contributed by atoms with Crippen molar-refractivity contribution in [3.63, 3.8) is 0 Å². The number of nitrogens with two attached hydrogens (primary N) is 1. The Labute approximate surface area is 118 Å². The van der Waals surface area contributed by atoms with Crippen LogP contribution < -0.4 is 10.5 Å². The summed E-state index contributed by atoms with van der Waals surface area (Å²) in [5.74, 6) is 0.588. The van der Waals surface area contributed by atoms with Gasteiger partial charge in [0.25, 0.3) is 0 Å². The van der Waals surface area contributed by atoms with Crippen LogP contribution in [0.2, 0.25) is 0 Å². The molecule has 0 aliphatic rings. The Balaban J connectivity index is 2.22. The van der Waals surface area contributed by atoms with Gasteiger partial charge in [-0.25, -0.2) is 9.37 Å². The molecule has 2 N–H and O–H groups in total. The number of hydrogen-bond acceptors (Lipinski definition) is 3. The first kappa shape index (κ1) is 14.5. The number of ether oxygens (including phenoxy) is 1. The predicted molar refractivity (Wildman–Crippen MR) is 77.3 cm³/mol. The molecule has 0 amide bonds. The summed E-state index contributed by atoms with van der Waals surface area (Å²) in [5.41, 5.74) is 7.42. The summed E-state index contributed by atoms with van der Waals surface area (Å²) in [6.45, 7) is 6.63. The topological polar surface area (TPSA) is 48.1 Å². The minimum absolute atomic E-state index is 0.0923. The van der Waals surface area contributed by atoms with Crippen LogP contribution in [-0.2, 0) is 12.0 Å². The molecule has 0 radical (unpaired) electrons. The average Bonchev–Trinajstić information content (AvgIpc) is 2.40. The Morgan fingerprint density at radius 1 is 1.20 bits per heavy atom. The van der Waals surface area contributed by atoms with Gasteiger partial charge < -0.3 is 10.5 Å². The fourth-order valence-corrected chi connectivity index (χ4v) is 1.84. The van der Waals surface area contributed by atoms with Gasteiger partial charge in [-0.2, -0.15) is 0 Å². The lowest BCUT2D eigenvalue weighted by Gasteiger charge is -2.19. The van der Waals surface area contributed by atoms with Crippen molar-refractivity contribution in [2.24, 2.45) is 5.73 Å². The summed E-state index contributed by atoms with van der Waals surface area (Å²) in [4.78, 5) is 3.94. The minimum atomic E-state index is -0.416. The molecular formula is C16H19FN2O. The summed E-state index contributed by atoms with van der Waals surface area (Å²) in [6, 6.07) is 9.13. The SMILES string of the molecule is CC(C)(C)c1ccc(Oc2ncc(F)cc2CN)cc1. The third kappa shape index (κ3) is 3.33. The van der Waals surface area contributed by atoms with Crippen molar-refractivity contribution in [3.05, 3.63) is 53.5 Å². The van der Waals surface area contributed by atoms with E-state index in [0.29, 0.717) is 17.2 Å². The summed E-state index contributed by atoms with van der Waals surface area (Å²) < 4.78 is 18.7. The molecule has 0 aliphatic carbocycles. The van der Waals surface area contributed by atoms with Gasteiger partial charge in [0.05, 0.1) is 6.20 Å². The van der Waals surface area contributed by atoms with Crippen molar-refractivity contribution in [1.82, 2.24) is 4.98 Å². The molecule has 4 heteroatoms. The van der Waals surface area contributed by atoms with Crippen LogP contribution in [0.15, 0.2) is 36.5 Å².